The van der Waals surface area contributed by atoms with Crippen LogP contribution in [-0.4, -0.2) is 50.5 Å². The molecule has 1 unspecified atom stereocenters. The molecule has 0 spiro atoms. The first-order valence-corrected chi connectivity index (χ1v) is 12.7. The molecule has 0 aliphatic heterocycles. The van der Waals surface area contributed by atoms with E-state index in [1.165, 1.54) is 23.1 Å². The van der Waals surface area contributed by atoms with Crippen molar-refractivity contribution in [2.24, 2.45) is 0 Å². The van der Waals surface area contributed by atoms with Crippen LogP contribution in [0.5, 0.6) is 5.75 Å². The Hall–Kier alpha value is -2.65. The molecule has 1 N–H and O–H groups in total. The maximum absolute atomic E-state index is 11.6. The highest BCUT2D eigenvalue weighted by molar-refractivity contribution is 8.03. The first kappa shape index (κ1) is 25.0. The quantitative estimate of drug-likeness (QED) is 0.339. The monoisotopic (exact) mass is 486 g/mol. The summed E-state index contributed by atoms with van der Waals surface area (Å²) >= 11 is 2.81. The molecule has 0 saturated heterocycles. The first-order chi connectivity index (χ1) is 15.9. The van der Waals surface area contributed by atoms with Crippen LogP contribution in [0.4, 0.5) is 5.95 Å². The number of aryl methyl sites for hydroxylation is 1. The normalized spacial score (nSPS) is 12.8. The van der Waals surface area contributed by atoms with E-state index in [4.69, 9.17) is 4.74 Å². The predicted molar refractivity (Wildman–Crippen MR) is 134 cm³/mol. The molecule has 0 radical (unpaired) electrons. The van der Waals surface area contributed by atoms with E-state index in [-0.39, 0.29) is 0 Å². The molecule has 0 saturated carbocycles. The Morgan fingerprint density at radius 2 is 1.91 bits per heavy atom. The molecule has 1 atom stereocenters. The summed E-state index contributed by atoms with van der Waals surface area (Å²) in [5.41, 5.74) is 2.03. The molecular weight excluding hydrogens is 456 g/mol. The van der Waals surface area contributed by atoms with Crippen LogP contribution in [0.1, 0.15) is 38.4 Å². The van der Waals surface area contributed by atoms with E-state index < -0.39 is 10.7 Å². The zero-order chi connectivity index (χ0) is 23.7. The number of carbonyl (C=O) groups is 1. The van der Waals surface area contributed by atoms with Gasteiger partial charge in [-0.3, -0.25) is 4.79 Å². The minimum absolute atomic E-state index is 0.508. The molecule has 3 rings (SSSR count). The van der Waals surface area contributed by atoms with Gasteiger partial charge in [0.15, 0.2) is 4.34 Å². The lowest BCUT2D eigenvalue weighted by atomic mass is 10.1. The van der Waals surface area contributed by atoms with Crippen LogP contribution < -0.4 is 9.64 Å². The number of benzene rings is 1. The van der Waals surface area contributed by atoms with Gasteiger partial charge in [-0.1, -0.05) is 43.8 Å². The molecule has 176 valence electrons. The highest BCUT2D eigenvalue weighted by atomic mass is 32.2. The Labute approximate surface area is 203 Å². The lowest BCUT2D eigenvalue weighted by Crippen LogP contribution is -2.32. The van der Waals surface area contributed by atoms with E-state index in [0.29, 0.717) is 38.5 Å². The molecule has 1 aromatic carbocycles. The topological polar surface area (TPSA) is 88.4 Å². The number of carboxylic acids is 1. The zero-order valence-corrected chi connectivity index (χ0v) is 20.9. The van der Waals surface area contributed by atoms with Gasteiger partial charge < -0.3 is 14.7 Å². The Kier molecular flexibility index (Phi) is 9.08. The molecule has 0 aliphatic rings. The number of hydrogen-bond donors (Lipinski definition) is 1. The van der Waals surface area contributed by atoms with E-state index in [2.05, 4.69) is 26.8 Å². The third kappa shape index (κ3) is 7.17. The molecule has 2 aromatic heterocycles. The molecule has 0 bridgehead atoms. The van der Waals surface area contributed by atoms with Gasteiger partial charge in [-0.15, -0.1) is 11.3 Å². The molecule has 7 nitrogen and oxygen atoms in total. The van der Waals surface area contributed by atoms with Gasteiger partial charge in [0.2, 0.25) is 5.95 Å². The highest BCUT2D eigenvalue weighted by Gasteiger charge is 2.33. The third-order valence-corrected chi connectivity index (χ3v) is 7.77. The Morgan fingerprint density at radius 1 is 1.18 bits per heavy atom. The second kappa shape index (κ2) is 12.0. The van der Waals surface area contributed by atoms with Crippen LogP contribution >= 0.6 is 23.1 Å². The van der Waals surface area contributed by atoms with Crippen molar-refractivity contribution in [2.45, 2.75) is 49.1 Å². The molecule has 2 heterocycles. The third-order valence-electron chi connectivity index (χ3n) is 5.36. The van der Waals surface area contributed by atoms with Gasteiger partial charge in [0.05, 0.1) is 12.2 Å². The van der Waals surface area contributed by atoms with E-state index in [1.54, 1.807) is 6.92 Å². The average Bonchev–Trinajstić information content (AvgIpc) is 3.28. The van der Waals surface area contributed by atoms with Gasteiger partial charge in [-0.05, 0) is 37.5 Å². The van der Waals surface area contributed by atoms with Crippen LogP contribution in [0, 0.1) is 0 Å². The summed E-state index contributed by atoms with van der Waals surface area (Å²) in [5.74, 6) is 0.681. The minimum Gasteiger partial charge on any atom is -0.492 e. The number of hydrogen-bond acceptors (Lipinski definition) is 8. The summed E-state index contributed by atoms with van der Waals surface area (Å²) in [6.07, 6.45) is 5.86. The second-order valence-electron chi connectivity index (χ2n) is 7.74. The van der Waals surface area contributed by atoms with Crippen molar-refractivity contribution in [3.05, 3.63) is 59.4 Å². The predicted octanol–water partition coefficient (Wildman–Crippen LogP) is 4.97. The molecule has 0 aliphatic carbocycles. The molecular formula is C24H30N4O3S2. The molecule has 33 heavy (non-hydrogen) atoms. The number of nitrogens with zero attached hydrogens (tertiary/aromatic N) is 4. The number of thiazole rings is 1. The highest BCUT2D eigenvalue weighted by Crippen LogP contribution is 2.37. The number of ether oxygens (including phenoxy) is 1. The van der Waals surface area contributed by atoms with Crippen LogP contribution in [0.2, 0.25) is 0 Å². The molecule has 3 aromatic rings. The summed E-state index contributed by atoms with van der Waals surface area (Å²) in [7, 11) is 0. The molecule has 0 fully saturated rings. The van der Waals surface area contributed by atoms with Gasteiger partial charge in [0.1, 0.15) is 17.1 Å². The molecule has 9 heteroatoms. The van der Waals surface area contributed by atoms with E-state index in [0.717, 1.165) is 27.8 Å². The Balaban J connectivity index is 1.64. The summed E-state index contributed by atoms with van der Waals surface area (Å²) in [5, 5.41) is 11.5. The summed E-state index contributed by atoms with van der Waals surface area (Å²) in [6.45, 7) is 7.53. The van der Waals surface area contributed by atoms with Gasteiger partial charge in [-0.2, -0.15) is 0 Å². The first-order valence-electron chi connectivity index (χ1n) is 11.0. The second-order valence-corrected chi connectivity index (χ2v) is 10.3. The fourth-order valence-corrected chi connectivity index (χ4v) is 5.20. The number of carboxylic acid groups (broad SMARTS) is 1. The number of aromatic nitrogens is 3. The van der Waals surface area contributed by atoms with Gasteiger partial charge in [0, 0.05) is 30.7 Å². The van der Waals surface area contributed by atoms with Crippen molar-refractivity contribution in [1.82, 2.24) is 15.0 Å². The summed E-state index contributed by atoms with van der Waals surface area (Å²) < 4.78 is 5.79. The lowest BCUT2D eigenvalue weighted by molar-refractivity contribution is -0.139. The summed E-state index contributed by atoms with van der Waals surface area (Å²) in [4.78, 5) is 27.5. The van der Waals surface area contributed by atoms with Crippen molar-refractivity contribution < 1.29 is 14.6 Å². The van der Waals surface area contributed by atoms with Crippen LogP contribution in [-0.2, 0) is 17.6 Å². The van der Waals surface area contributed by atoms with E-state index in [9.17, 15) is 9.90 Å². The maximum Gasteiger partial charge on any atom is 0.319 e. The van der Waals surface area contributed by atoms with Crippen LogP contribution in [0.3, 0.4) is 0 Å². The zero-order valence-electron chi connectivity index (χ0n) is 19.2. The lowest BCUT2D eigenvalue weighted by Gasteiger charge is -2.22. The largest absolute Gasteiger partial charge is 0.492 e. The van der Waals surface area contributed by atoms with Crippen molar-refractivity contribution in [2.75, 3.05) is 24.6 Å². The van der Waals surface area contributed by atoms with Gasteiger partial charge >= 0.3 is 5.97 Å². The van der Waals surface area contributed by atoms with Crippen molar-refractivity contribution in [3.8, 4) is 5.75 Å². The number of aliphatic carboxylic acids is 1. The number of thioether (sulfide) groups is 1. The van der Waals surface area contributed by atoms with Gasteiger partial charge in [-0.25, -0.2) is 15.0 Å². The number of para-hydroxylation sites is 1. The smallest absolute Gasteiger partial charge is 0.319 e. The van der Waals surface area contributed by atoms with Crippen molar-refractivity contribution >= 4 is 35.0 Å². The van der Waals surface area contributed by atoms with E-state index in [1.807, 2.05) is 55.0 Å². The van der Waals surface area contributed by atoms with Crippen molar-refractivity contribution in [3.63, 3.8) is 0 Å². The SMILES string of the molecule is CCc1cnc(N(CCOc2ccccc2)CCc2csc(SC(C)(CC)C(=O)O)n2)nc1. The van der Waals surface area contributed by atoms with Crippen LogP contribution in [0.25, 0.3) is 0 Å². The molecule has 0 amide bonds. The minimum atomic E-state index is -0.870. The van der Waals surface area contributed by atoms with E-state index >= 15 is 0 Å². The number of rotatable bonds is 13. The Bertz CT molecular complexity index is 1010. The standard InChI is InChI=1S/C24H30N4O3S2/c1-4-18-15-25-22(26-16-18)28(13-14-31-20-9-7-6-8-10-20)12-11-19-17-32-23(27-19)33-24(3,5-2)21(29)30/h6-10,15-17H,4-5,11-14H2,1-3H3,(H,29,30). The fourth-order valence-electron chi connectivity index (χ4n) is 2.96. The average molecular weight is 487 g/mol. The number of anilines is 1. The van der Waals surface area contributed by atoms with Gasteiger partial charge in [0.25, 0.3) is 0 Å². The fraction of sp³-hybridized carbons (Fsp3) is 0.417. The maximum atomic E-state index is 11.6. The van der Waals surface area contributed by atoms with Crippen molar-refractivity contribution in [1.29, 1.82) is 0 Å². The summed E-state index contributed by atoms with van der Waals surface area (Å²) in [6, 6.07) is 9.73. The Morgan fingerprint density at radius 3 is 2.55 bits per heavy atom. The van der Waals surface area contributed by atoms with Crippen LogP contribution in [0.15, 0.2) is 52.4 Å².